The maximum absolute atomic E-state index is 12.9. The largest absolute Gasteiger partial charge is 0.573 e. The van der Waals surface area contributed by atoms with Crippen LogP contribution in [0.3, 0.4) is 0 Å². The molecule has 0 radical (unpaired) electrons. The number of sulfonamides is 1. The molecule has 2 atom stereocenters. The molecule has 2 N–H and O–H groups in total. The Kier molecular flexibility index (Phi) is 16.7. The summed E-state index contributed by atoms with van der Waals surface area (Å²) in [5, 5.41) is 16.5. The summed E-state index contributed by atoms with van der Waals surface area (Å²) < 4.78 is 111. The number of urea groups is 2. The van der Waals surface area contributed by atoms with Crippen LogP contribution < -0.4 is 29.9 Å². The Bertz CT molecular complexity index is 2840. The van der Waals surface area contributed by atoms with E-state index in [4.69, 9.17) is 23.2 Å². The first-order valence-electron chi connectivity index (χ1n) is 23.0. The number of likely N-dealkylation sites (N-methyl/N-ethyl adjacent to an activating group) is 1. The lowest BCUT2D eigenvalue weighted by Gasteiger charge is -2.34. The molecule has 16 nitrogen and oxygen atoms in total. The van der Waals surface area contributed by atoms with Gasteiger partial charge in [-0.25, -0.2) is 28.0 Å². The van der Waals surface area contributed by atoms with Gasteiger partial charge in [0.1, 0.15) is 11.5 Å². The second kappa shape index (κ2) is 22.2. The molecule has 25 heteroatoms. The molecule has 4 amide bonds. The second-order valence-corrected chi connectivity index (χ2v) is 20.6. The van der Waals surface area contributed by atoms with E-state index in [1.165, 1.54) is 58.9 Å². The molecule has 8 rings (SSSR count). The number of fused-ring (bicyclic) bond motifs is 2. The highest BCUT2D eigenvalue weighted by Crippen LogP contribution is 2.38. The van der Waals surface area contributed by atoms with E-state index in [2.05, 4.69) is 52.1 Å². The number of hydrogen-bond donors (Lipinski definition) is 2. The Balaban J connectivity index is 0.000000214. The molecule has 0 spiro atoms. The Labute approximate surface area is 429 Å². The van der Waals surface area contributed by atoms with E-state index >= 15 is 0 Å². The number of hydrogen-bond acceptors (Lipinski definition) is 11. The SMILES string of the molecule is CNC(=O)N1N=C(c2ccc(N3CCN(C)CC3)cc2)c2cc(Cl)c(OC(F)(F)F)cc2CC1C.CNC(=O)N1N=C(c2ccc(N3CCN(S(C)(=O)=O)CC3)cc2)c2cc(Cl)c(OC(F)(F)F)cc2CC1C. The van der Waals surface area contributed by atoms with Crippen LogP contribution >= 0.6 is 23.2 Å². The van der Waals surface area contributed by atoms with E-state index in [9.17, 15) is 44.3 Å². The van der Waals surface area contributed by atoms with Crippen LogP contribution in [0.4, 0.5) is 47.3 Å². The standard InChI is InChI=1S/C24H27ClF3N5O4S.C24H27ClF3N5O2/c1-15-12-17-13-21(37-24(26,27)28)20(25)14-19(17)22(30-33(15)23(34)29-2)16-4-6-18(7-5-16)31-8-10-32(11-9-31)38(3,35)36;1-15-12-17-13-21(35-24(26,27)28)20(25)14-19(17)22(30-33(15)23(34)29-2)16-4-6-18(7-5-16)32-10-8-31(3)9-11-32/h4-7,13-15H,8-12H2,1-3H3,(H,29,34);4-7,13-15H,8-12H2,1-3H3,(H,29,34). The maximum Gasteiger partial charge on any atom is 0.573 e. The molecule has 0 bridgehead atoms. The van der Waals surface area contributed by atoms with Crippen LogP contribution in [-0.2, 0) is 22.9 Å². The van der Waals surface area contributed by atoms with Crippen molar-refractivity contribution in [2.75, 3.05) is 89.6 Å². The van der Waals surface area contributed by atoms with Gasteiger partial charge in [0.05, 0.1) is 39.8 Å². The zero-order chi connectivity index (χ0) is 53.2. The van der Waals surface area contributed by atoms with E-state index in [0.29, 0.717) is 71.0 Å². The van der Waals surface area contributed by atoms with Gasteiger partial charge in [0.15, 0.2) is 0 Å². The lowest BCUT2D eigenvalue weighted by molar-refractivity contribution is -0.275. The lowest BCUT2D eigenvalue weighted by Crippen LogP contribution is -2.48. The van der Waals surface area contributed by atoms with Crippen LogP contribution in [0.15, 0.2) is 83.0 Å². The zero-order valence-electron chi connectivity index (χ0n) is 40.6. The van der Waals surface area contributed by atoms with Crippen LogP contribution in [-0.4, -0.2) is 156 Å². The Morgan fingerprint density at radius 2 is 0.973 bits per heavy atom. The number of hydrazone groups is 2. The lowest BCUT2D eigenvalue weighted by atomic mass is 9.94. The maximum atomic E-state index is 12.9. The van der Waals surface area contributed by atoms with Gasteiger partial charge in [-0.15, -0.1) is 26.3 Å². The normalized spacial score (nSPS) is 19.0. The highest BCUT2D eigenvalue weighted by atomic mass is 35.5. The molecule has 0 aliphatic carbocycles. The third-order valence-electron chi connectivity index (χ3n) is 12.6. The van der Waals surface area contributed by atoms with E-state index in [-0.39, 0.29) is 22.9 Å². The van der Waals surface area contributed by atoms with Crippen molar-refractivity contribution in [1.82, 2.24) is 29.9 Å². The highest BCUT2D eigenvalue weighted by Gasteiger charge is 2.36. The summed E-state index contributed by atoms with van der Waals surface area (Å²) in [6.45, 7) is 9.10. The number of alkyl halides is 6. The molecule has 73 heavy (non-hydrogen) atoms. The van der Waals surface area contributed by atoms with Crippen molar-refractivity contribution in [3.05, 3.63) is 116 Å². The number of nitrogens with zero attached hydrogens (tertiary/aromatic N) is 8. The summed E-state index contributed by atoms with van der Waals surface area (Å²) in [6.07, 6.45) is -8.12. The third-order valence-corrected chi connectivity index (χ3v) is 14.5. The predicted molar refractivity (Wildman–Crippen MR) is 268 cm³/mol. The van der Waals surface area contributed by atoms with Crippen molar-refractivity contribution in [2.45, 2.75) is 51.5 Å². The van der Waals surface area contributed by atoms with Gasteiger partial charge in [-0.05, 0) is 93.4 Å². The fourth-order valence-electron chi connectivity index (χ4n) is 8.85. The third kappa shape index (κ3) is 13.4. The number of rotatable bonds is 7. The van der Waals surface area contributed by atoms with Crippen LogP contribution in [0.25, 0.3) is 0 Å². The van der Waals surface area contributed by atoms with Crippen molar-refractivity contribution in [1.29, 1.82) is 0 Å². The second-order valence-electron chi connectivity index (χ2n) is 17.8. The van der Waals surface area contributed by atoms with Crippen LogP contribution in [0, 0.1) is 0 Å². The molecule has 4 aliphatic rings. The number of halogens is 8. The van der Waals surface area contributed by atoms with Crippen LogP contribution in [0.5, 0.6) is 11.5 Å². The summed E-state index contributed by atoms with van der Waals surface area (Å²) in [5.74, 6) is -1.01. The first-order chi connectivity index (χ1) is 34.3. The quantitative estimate of drug-likeness (QED) is 0.175. The average Bonchev–Trinajstić information content (AvgIpc) is 3.56. The van der Waals surface area contributed by atoms with Crippen molar-refractivity contribution in [2.24, 2.45) is 10.2 Å². The molecule has 0 aromatic heterocycles. The summed E-state index contributed by atoms with van der Waals surface area (Å²) in [6, 6.07) is 18.6. The molecular weight excluding hydrogens is 1030 g/mol. The summed E-state index contributed by atoms with van der Waals surface area (Å²) in [4.78, 5) is 31.8. The number of ether oxygens (including phenoxy) is 2. The Morgan fingerprint density at radius 1 is 0.616 bits per heavy atom. The topological polar surface area (TPSA) is 155 Å². The number of carbonyl (C=O) groups excluding carboxylic acids is 2. The summed E-state index contributed by atoms with van der Waals surface area (Å²) in [7, 11) is 1.81. The molecule has 4 aliphatic heterocycles. The smallest absolute Gasteiger partial charge is 0.404 e. The minimum atomic E-state index is -4.91. The zero-order valence-corrected chi connectivity index (χ0v) is 42.9. The number of amides is 4. The number of piperazine rings is 2. The fraction of sp³-hybridized carbons (Fsp3) is 0.417. The van der Waals surface area contributed by atoms with Crippen LogP contribution in [0.2, 0.25) is 10.0 Å². The monoisotopic (exact) mass is 1080 g/mol. The van der Waals surface area contributed by atoms with Gasteiger partial charge < -0.3 is 34.8 Å². The molecule has 2 saturated heterocycles. The van der Waals surface area contributed by atoms with Crippen molar-refractivity contribution in [3.8, 4) is 11.5 Å². The molecule has 394 valence electrons. The average molecular weight is 1080 g/mol. The van der Waals surface area contributed by atoms with Gasteiger partial charge >= 0.3 is 24.8 Å². The highest BCUT2D eigenvalue weighted by molar-refractivity contribution is 7.88. The number of carbonyl (C=O) groups is 2. The molecule has 4 heterocycles. The van der Waals surface area contributed by atoms with Gasteiger partial charge in [0.25, 0.3) is 0 Å². The summed E-state index contributed by atoms with van der Waals surface area (Å²) >= 11 is 12.4. The van der Waals surface area contributed by atoms with Gasteiger partial charge in [0.2, 0.25) is 10.0 Å². The van der Waals surface area contributed by atoms with Crippen molar-refractivity contribution < 1.29 is 53.8 Å². The molecule has 4 aromatic carbocycles. The number of anilines is 2. The van der Waals surface area contributed by atoms with E-state index in [0.717, 1.165) is 37.6 Å². The fourth-order valence-corrected chi connectivity index (χ4v) is 10.1. The number of nitrogens with one attached hydrogen (secondary N) is 2. The molecular formula is C48H54Cl2F6N10O6S. The first kappa shape index (κ1) is 54.8. The van der Waals surface area contributed by atoms with Gasteiger partial charge in [-0.1, -0.05) is 47.5 Å². The van der Waals surface area contributed by atoms with E-state index < -0.39 is 58.4 Å². The molecule has 2 unspecified atom stereocenters. The van der Waals surface area contributed by atoms with E-state index in [1.54, 1.807) is 26.0 Å². The van der Waals surface area contributed by atoms with Gasteiger partial charge in [-0.3, -0.25) is 0 Å². The Morgan fingerprint density at radius 3 is 1.30 bits per heavy atom. The van der Waals surface area contributed by atoms with Gasteiger partial charge in [-0.2, -0.15) is 14.5 Å². The first-order valence-corrected chi connectivity index (χ1v) is 25.6. The number of benzene rings is 4. The summed E-state index contributed by atoms with van der Waals surface area (Å²) in [5.41, 5.74) is 6.16. The molecule has 2 fully saturated rings. The molecule has 0 saturated carbocycles. The van der Waals surface area contributed by atoms with E-state index in [1.807, 2.05) is 36.4 Å². The molecule has 4 aromatic rings. The minimum absolute atomic E-state index is 0.191. The Hall–Kier alpha value is -6.01. The van der Waals surface area contributed by atoms with Crippen molar-refractivity contribution in [3.63, 3.8) is 0 Å². The minimum Gasteiger partial charge on any atom is -0.404 e. The van der Waals surface area contributed by atoms with Gasteiger partial charge in [0, 0.05) is 100 Å². The van der Waals surface area contributed by atoms with Crippen LogP contribution in [0.1, 0.15) is 47.2 Å². The van der Waals surface area contributed by atoms with Crippen molar-refractivity contribution >= 4 is 68.1 Å². The predicted octanol–water partition coefficient (Wildman–Crippen LogP) is 7.99.